The quantitative estimate of drug-likeness (QED) is 0.861. The molecule has 98 valence electrons. The van der Waals surface area contributed by atoms with E-state index in [0.29, 0.717) is 6.54 Å². The van der Waals surface area contributed by atoms with Crippen LogP contribution in [-0.2, 0) is 11.2 Å². The Hall–Kier alpha value is -1.42. The summed E-state index contributed by atoms with van der Waals surface area (Å²) in [6, 6.07) is 9.74. The molecule has 2 N–H and O–H groups in total. The molecule has 2 rings (SSSR count). The minimum Gasteiger partial charge on any atom is -0.368 e. The maximum absolute atomic E-state index is 13.3. The van der Waals surface area contributed by atoms with Crippen LogP contribution in [0.15, 0.2) is 30.3 Å². The van der Waals surface area contributed by atoms with Crippen molar-refractivity contribution in [3.05, 3.63) is 35.9 Å². The summed E-state index contributed by atoms with van der Waals surface area (Å²) in [7, 11) is 0. The molecule has 1 fully saturated rings. The SMILES string of the molecule is NC(=O)C1CC(F)CN1CCCc1ccccc1. The molecule has 1 aromatic carbocycles. The molecular weight excluding hydrogens is 231 g/mol. The number of aryl methyl sites for hydroxylation is 1. The molecular formula is C14H19FN2O. The van der Waals surface area contributed by atoms with E-state index in [1.165, 1.54) is 5.56 Å². The average molecular weight is 250 g/mol. The zero-order valence-corrected chi connectivity index (χ0v) is 10.4. The van der Waals surface area contributed by atoms with Gasteiger partial charge in [0.05, 0.1) is 6.04 Å². The van der Waals surface area contributed by atoms with E-state index in [1.54, 1.807) is 0 Å². The first-order valence-electron chi connectivity index (χ1n) is 6.38. The van der Waals surface area contributed by atoms with Crippen LogP contribution < -0.4 is 5.73 Å². The number of halogens is 1. The van der Waals surface area contributed by atoms with Gasteiger partial charge in [-0.25, -0.2) is 4.39 Å². The lowest BCUT2D eigenvalue weighted by atomic mass is 10.1. The Morgan fingerprint density at radius 2 is 2.11 bits per heavy atom. The first kappa shape index (κ1) is 13.0. The smallest absolute Gasteiger partial charge is 0.234 e. The Kier molecular flexibility index (Phi) is 4.31. The standard InChI is InChI=1S/C14H19FN2O/c15-12-9-13(14(16)18)17(10-12)8-4-7-11-5-2-1-3-6-11/h1-3,5-6,12-13H,4,7-10H2,(H2,16,18). The maximum Gasteiger partial charge on any atom is 0.234 e. The first-order valence-corrected chi connectivity index (χ1v) is 6.38. The Bertz CT molecular complexity index is 396. The largest absolute Gasteiger partial charge is 0.368 e. The molecule has 3 nitrogen and oxygen atoms in total. The molecule has 0 spiro atoms. The minimum atomic E-state index is -0.917. The van der Waals surface area contributed by atoms with Gasteiger partial charge in [0, 0.05) is 13.0 Å². The van der Waals surface area contributed by atoms with Crippen molar-refractivity contribution in [1.29, 1.82) is 0 Å². The number of carbonyl (C=O) groups is 1. The summed E-state index contributed by atoms with van der Waals surface area (Å²) in [5.41, 5.74) is 6.55. The molecule has 0 aliphatic carbocycles. The number of primary amides is 1. The average Bonchev–Trinajstić information content (AvgIpc) is 2.72. The Morgan fingerprint density at radius 3 is 2.78 bits per heavy atom. The zero-order valence-electron chi connectivity index (χ0n) is 10.4. The van der Waals surface area contributed by atoms with Crippen molar-refractivity contribution in [2.24, 2.45) is 5.73 Å². The van der Waals surface area contributed by atoms with Crippen molar-refractivity contribution >= 4 is 5.91 Å². The minimum absolute atomic E-state index is 0.251. The third kappa shape index (κ3) is 3.29. The highest BCUT2D eigenvalue weighted by molar-refractivity contribution is 5.80. The van der Waals surface area contributed by atoms with E-state index < -0.39 is 18.1 Å². The number of alkyl halides is 1. The summed E-state index contributed by atoms with van der Waals surface area (Å²) in [4.78, 5) is 13.1. The van der Waals surface area contributed by atoms with E-state index in [-0.39, 0.29) is 6.42 Å². The molecule has 0 aromatic heterocycles. The van der Waals surface area contributed by atoms with Crippen LogP contribution in [0.2, 0.25) is 0 Å². The Balaban J connectivity index is 1.81. The molecule has 0 bridgehead atoms. The second-order valence-corrected chi connectivity index (χ2v) is 4.84. The van der Waals surface area contributed by atoms with Crippen LogP contribution in [0.1, 0.15) is 18.4 Å². The number of benzene rings is 1. The molecule has 1 heterocycles. The highest BCUT2D eigenvalue weighted by Crippen LogP contribution is 2.20. The molecule has 1 aliphatic heterocycles. The van der Waals surface area contributed by atoms with Crippen molar-refractivity contribution < 1.29 is 9.18 Å². The molecule has 4 heteroatoms. The van der Waals surface area contributed by atoms with Gasteiger partial charge >= 0.3 is 0 Å². The molecule has 1 saturated heterocycles. The zero-order chi connectivity index (χ0) is 13.0. The molecule has 18 heavy (non-hydrogen) atoms. The lowest BCUT2D eigenvalue weighted by molar-refractivity contribution is -0.122. The summed E-state index contributed by atoms with van der Waals surface area (Å²) in [6.07, 6.45) is 1.19. The van der Waals surface area contributed by atoms with E-state index in [9.17, 15) is 9.18 Å². The highest BCUT2D eigenvalue weighted by atomic mass is 19.1. The monoisotopic (exact) mass is 250 g/mol. The molecule has 1 aliphatic rings. The van der Waals surface area contributed by atoms with Crippen LogP contribution in [0.4, 0.5) is 4.39 Å². The number of nitrogens with two attached hydrogens (primary N) is 1. The predicted octanol–water partition coefficient (Wildman–Crippen LogP) is 1.52. The van der Waals surface area contributed by atoms with Gasteiger partial charge in [0.2, 0.25) is 5.91 Å². The molecule has 0 radical (unpaired) electrons. The lowest BCUT2D eigenvalue weighted by Gasteiger charge is -2.21. The van der Waals surface area contributed by atoms with Crippen molar-refractivity contribution in [3.8, 4) is 0 Å². The molecule has 0 saturated carbocycles. The van der Waals surface area contributed by atoms with E-state index >= 15 is 0 Å². The van der Waals surface area contributed by atoms with Gasteiger partial charge in [-0.3, -0.25) is 9.69 Å². The van der Waals surface area contributed by atoms with Crippen LogP contribution in [0.5, 0.6) is 0 Å². The topological polar surface area (TPSA) is 46.3 Å². The van der Waals surface area contributed by atoms with Crippen molar-refractivity contribution in [1.82, 2.24) is 4.90 Å². The van der Waals surface area contributed by atoms with Crippen LogP contribution in [0, 0.1) is 0 Å². The lowest BCUT2D eigenvalue weighted by Crippen LogP contribution is -2.40. The summed E-state index contributed by atoms with van der Waals surface area (Å²) in [5, 5.41) is 0. The highest BCUT2D eigenvalue weighted by Gasteiger charge is 2.35. The van der Waals surface area contributed by atoms with E-state index in [4.69, 9.17) is 5.73 Å². The van der Waals surface area contributed by atoms with Gasteiger partial charge in [0.25, 0.3) is 0 Å². The van der Waals surface area contributed by atoms with Gasteiger partial charge < -0.3 is 5.73 Å². The summed E-state index contributed by atoms with van der Waals surface area (Å²) in [6.45, 7) is 1.06. The van der Waals surface area contributed by atoms with Gasteiger partial charge in [0.1, 0.15) is 6.17 Å². The number of nitrogens with zero attached hydrogens (tertiary/aromatic N) is 1. The van der Waals surface area contributed by atoms with Crippen molar-refractivity contribution in [2.75, 3.05) is 13.1 Å². The number of amides is 1. The van der Waals surface area contributed by atoms with E-state index in [1.807, 2.05) is 23.1 Å². The molecule has 2 atom stereocenters. The number of hydrogen-bond donors (Lipinski definition) is 1. The third-order valence-corrected chi connectivity index (χ3v) is 3.43. The Labute approximate surface area is 107 Å². The van der Waals surface area contributed by atoms with Gasteiger partial charge in [-0.2, -0.15) is 0 Å². The summed E-state index contributed by atoms with van der Waals surface area (Å²) >= 11 is 0. The predicted molar refractivity (Wildman–Crippen MR) is 68.8 cm³/mol. The van der Waals surface area contributed by atoms with Gasteiger partial charge in [-0.1, -0.05) is 30.3 Å². The number of likely N-dealkylation sites (tertiary alicyclic amines) is 1. The van der Waals surface area contributed by atoms with Crippen LogP contribution in [0.3, 0.4) is 0 Å². The second-order valence-electron chi connectivity index (χ2n) is 4.84. The first-order chi connectivity index (χ1) is 8.66. The summed E-state index contributed by atoms with van der Waals surface area (Å²) < 4.78 is 13.3. The van der Waals surface area contributed by atoms with Gasteiger partial charge in [0.15, 0.2) is 0 Å². The molecule has 1 aromatic rings. The molecule has 2 unspecified atom stereocenters. The Morgan fingerprint density at radius 1 is 1.39 bits per heavy atom. The fourth-order valence-electron chi connectivity index (χ4n) is 2.52. The third-order valence-electron chi connectivity index (χ3n) is 3.43. The fourth-order valence-corrected chi connectivity index (χ4v) is 2.52. The van der Waals surface area contributed by atoms with E-state index in [0.717, 1.165) is 19.4 Å². The van der Waals surface area contributed by atoms with Crippen molar-refractivity contribution in [2.45, 2.75) is 31.5 Å². The van der Waals surface area contributed by atoms with Crippen LogP contribution in [0.25, 0.3) is 0 Å². The van der Waals surface area contributed by atoms with Crippen LogP contribution >= 0.6 is 0 Å². The number of rotatable bonds is 5. The van der Waals surface area contributed by atoms with E-state index in [2.05, 4.69) is 12.1 Å². The van der Waals surface area contributed by atoms with Crippen LogP contribution in [-0.4, -0.2) is 36.1 Å². The normalized spacial score (nSPS) is 24.3. The second kappa shape index (κ2) is 5.96. The maximum atomic E-state index is 13.3. The van der Waals surface area contributed by atoms with Crippen molar-refractivity contribution in [3.63, 3.8) is 0 Å². The van der Waals surface area contributed by atoms with Gasteiger partial charge in [-0.15, -0.1) is 0 Å². The number of carbonyl (C=O) groups excluding carboxylic acids is 1. The number of hydrogen-bond acceptors (Lipinski definition) is 2. The van der Waals surface area contributed by atoms with Gasteiger partial charge in [-0.05, 0) is 24.9 Å². The fraction of sp³-hybridized carbons (Fsp3) is 0.500. The summed E-state index contributed by atoms with van der Waals surface area (Å²) in [5.74, 6) is -0.408. The molecule has 1 amide bonds.